The average Bonchev–Trinajstić information content (AvgIpc) is 2.23. The van der Waals surface area contributed by atoms with Crippen molar-refractivity contribution in [1.82, 2.24) is 5.32 Å². The molecule has 0 radical (unpaired) electrons. The molecule has 1 rings (SSSR count). The molecule has 0 fully saturated rings. The molecule has 2 atom stereocenters. The summed E-state index contributed by atoms with van der Waals surface area (Å²) in [5, 5.41) is 11.8. The van der Waals surface area contributed by atoms with Crippen LogP contribution >= 0.6 is 0 Å². The first-order chi connectivity index (χ1) is 7.88. The van der Waals surface area contributed by atoms with Gasteiger partial charge in [0.2, 0.25) is 0 Å². The van der Waals surface area contributed by atoms with Gasteiger partial charge in [0.25, 0.3) is 0 Å². The largest absolute Gasteiger partial charge is 0.480 e. The van der Waals surface area contributed by atoms with Crippen molar-refractivity contribution in [2.75, 3.05) is 7.05 Å². The van der Waals surface area contributed by atoms with E-state index in [1.165, 1.54) is 5.56 Å². The van der Waals surface area contributed by atoms with Gasteiger partial charge in [-0.25, -0.2) is 0 Å². The Morgan fingerprint density at radius 1 is 1.24 bits per heavy atom. The summed E-state index contributed by atoms with van der Waals surface area (Å²) in [5.41, 5.74) is 10.3. The van der Waals surface area contributed by atoms with Crippen LogP contribution in [0.25, 0.3) is 0 Å². The number of nitrogens with one attached hydrogen (secondary N) is 1. The second kappa shape index (κ2) is 5.29. The van der Waals surface area contributed by atoms with E-state index in [1.807, 2.05) is 32.9 Å². The van der Waals surface area contributed by atoms with Gasteiger partial charge in [0.05, 0.1) is 6.04 Å². The number of rotatable bonds is 4. The van der Waals surface area contributed by atoms with Gasteiger partial charge in [0.15, 0.2) is 0 Å². The lowest BCUT2D eigenvalue weighted by molar-refractivity contribution is -0.139. The summed E-state index contributed by atoms with van der Waals surface area (Å²) in [4.78, 5) is 11.1. The molecular weight excluding hydrogens is 216 g/mol. The van der Waals surface area contributed by atoms with Crippen LogP contribution in [0, 0.1) is 20.8 Å². The van der Waals surface area contributed by atoms with Crippen LogP contribution in [0.15, 0.2) is 12.1 Å². The number of aliphatic carboxylic acids is 1. The number of carbonyl (C=O) groups is 1. The number of hydrogen-bond acceptors (Lipinski definition) is 3. The summed E-state index contributed by atoms with van der Waals surface area (Å²) in [6.07, 6.45) is 0. The second-order valence-corrected chi connectivity index (χ2v) is 4.42. The van der Waals surface area contributed by atoms with Crippen molar-refractivity contribution in [3.8, 4) is 0 Å². The van der Waals surface area contributed by atoms with E-state index < -0.39 is 18.1 Å². The van der Waals surface area contributed by atoms with Gasteiger partial charge < -0.3 is 16.2 Å². The maximum atomic E-state index is 11.1. The molecule has 94 valence electrons. The van der Waals surface area contributed by atoms with E-state index in [1.54, 1.807) is 7.05 Å². The Hall–Kier alpha value is -1.39. The van der Waals surface area contributed by atoms with Gasteiger partial charge in [-0.3, -0.25) is 4.79 Å². The summed E-state index contributed by atoms with van der Waals surface area (Å²) in [6.45, 7) is 5.99. The van der Waals surface area contributed by atoms with Crippen LogP contribution in [0.2, 0.25) is 0 Å². The van der Waals surface area contributed by atoms with Crippen molar-refractivity contribution in [3.63, 3.8) is 0 Å². The predicted octanol–water partition coefficient (Wildman–Crippen LogP) is 1.28. The van der Waals surface area contributed by atoms with Crippen molar-refractivity contribution < 1.29 is 9.90 Å². The van der Waals surface area contributed by atoms with E-state index in [0.717, 1.165) is 16.7 Å². The highest BCUT2D eigenvalue weighted by Crippen LogP contribution is 2.22. The van der Waals surface area contributed by atoms with Crippen molar-refractivity contribution >= 4 is 5.97 Å². The van der Waals surface area contributed by atoms with Gasteiger partial charge in [-0.05, 0) is 50.1 Å². The SMILES string of the molecule is CNC(C(=O)O)C(N)c1cc(C)c(C)cc1C. The number of carboxylic acids is 1. The van der Waals surface area contributed by atoms with E-state index in [4.69, 9.17) is 10.8 Å². The van der Waals surface area contributed by atoms with Crippen LogP contribution in [0.1, 0.15) is 28.3 Å². The number of likely N-dealkylation sites (N-methyl/N-ethyl adjacent to an activating group) is 1. The van der Waals surface area contributed by atoms with Gasteiger partial charge >= 0.3 is 5.97 Å². The van der Waals surface area contributed by atoms with Crippen molar-refractivity contribution in [2.24, 2.45) is 5.73 Å². The summed E-state index contributed by atoms with van der Waals surface area (Å²) in [6, 6.07) is 2.70. The zero-order valence-corrected chi connectivity index (χ0v) is 10.7. The molecule has 4 N–H and O–H groups in total. The zero-order valence-electron chi connectivity index (χ0n) is 10.7. The number of hydrogen-bond donors (Lipinski definition) is 3. The van der Waals surface area contributed by atoms with E-state index in [9.17, 15) is 4.79 Å². The number of nitrogens with two attached hydrogens (primary N) is 1. The van der Waals surface area contributed by atoms with Crippen LogP contribution < -0.4 is 11.1 Å². The molecule has 0 aliphatic rings. The fourth-order valence-corrected chi connectivity index (χ4v) is 1.98. The molecule has 2 unspecified atom stereocenters. The molecule has 0 saturated carbocycles. The zero-order chi connectivity index (χ0) is 13.2. The molecular formula is C13H20N2O2. The third kappa shape index (κ3) is 2.84. The third-order valence-electron chi connectivity index (χ3n) is 3.18. The van der Waals surface area contributed by atoms with Crippen LogP contribution in [0.3, 0.4) is 0 Å². The Balaban J connectivity index is 3.15. The first kappa shape index (κ1) is 13.7. The fourth-order valence-electron chi connectivity index (χ4n) is 1.98. The Bertz CT molecular complexity index is 430. The van der Waals surface area contributed by atoms with E-state index in [0.29, 0.717) is 0 Å². The van der Waals surface area contributed by atoms with Crippen LogP contribution in [-0.2, 0) is 4.79 Å². The summed E-state index contributed by atoms with van der Waals surface area (Å²) in [7, 11) is 1.61. The third-order valence-corrected chi connectivity index (χ3v) is 3.18. The standard InChI is InChI=1S/C13H20N2O2/c1-7-5-9(3)10(6-8(7)2)11(14)12(15-4)13(16)17/h5-6,11-12,15H,14H2,1-4H3,(H,16,17). The van der Waals surface area contributed by atoms with E-state index >= 15 is 0 Å². The maximum Gasteiger partial charge on any atom is 0.322 e. The minimum Gasteiger partial charge on any atom is -0.480 e. The minimum absolute atomic E-state index is 0.545. The molecule has 4 heteroatoms. The quantitative estimate of drug-likeness (QED) is 0.736. The van der Waals surface area contributed by atoms with Crippen LogP contribution in [-0.4, -0.2) is 24.2 Å². The molecule has 0 aliphatic carbocycles. The Morgan fingerprint density at radius 3 is 2.24 bits per heavy atom. The fraction of sp³-hybridized carbons (Fsp3) is 0.462. The first-order valence-corrected chi connectivity index (χ1v) is 5.62. The number of carboxylic acid groups (broad SMARTS) is 1. The predicted molar refractivity (Wildman–Crippen MR) is 68.1 cm³/mol. The highest BCUT2D eigenvalue weighted by atomic mass is 16.4. The molecule has 1 aromatic rings. The molecule has 4 nitrogen and oxygen atoms in total. The molecule has 1 aromatic carbocycles. The van der Waals surface area contributed by atoms with Crippen LogP contribution in [0.4, 0.5) is 0 Å². The Kier molecular flexibility index (Phi) is 4.26. The molecule has 0 bridgehead atoms. The number of benzene rings is 1. The van der Waals surface area contributed by atoms with Gasteiger partial charge in [0, 0.05) is 0 Å². The van der Waals surface area contributed by atoms with Gasteiger partial charge in [-0.2, -0.15) is 0 Å². The topological polar surface area (TPSA) is 75.3 Å². The van der Waals surface area contributed by atoms with Gasteiger partial charge in [-0.1, -0.05) is 12.1 Å². The van der Waals surface area contributed by atoms with Crippen molar-refractivity contribution in [2.45, 2.75) is 32.9 Å². The number of aryl methyl sites for hydroxylation is 3. The average molecular weight is 236 g/mol. The molecule has 0 amide bonds. The molecule has 0 aromatic heterocycles. The van der Waals surface area contributed by atoms with Gasteiger partial charge in [-0.15, -0.1) is 0 Å². The smallest absolute Gasteiger partial charge is 0.322 e. The molecule has 17 heavy (non-hydrogen) atoms. The lowest BCUT2D eigenvalue weighted by Gasteiger charge is -2.22. The van der Waals surface area contributed by atoms with Crippen LogP contribution in [0.5, 0.6) is 0 Å². The second-order valence-electron chi connectivity index (χ2n) is 4.42. The van der Waals surface area contributed by atoms with Crippen molar-refractivity contribution in [3.05, 3.63) is 34.4 Å². The highest BCUT2D eigenvalue weighted by Gasteiger charge is 2.25. The summed E-state index contributed by atoms with van der Waals surface area (Å²) >= 11 is 0. The lowest BCUT2D eigenvalue weighted by Crippen LogP contribution is -2.43. The summed E-state index contributed by atoms with van der Waals surface area (Å²) in [5.74, 6) is -0.933. The molecule has 0 spiro atoms. The highest BCUT2D eigenvalue weighted by molar-refractivity contribution is 5.75. The van der Waals surface area contributed by atoms with Gasteiger partial charge in [0.1, 0.15) is 6.04 Å². The molecule has 0 saturated heterocycles. The minimum atomic E-state index is -0.933. The monoisotopic (exact) mass is 236 g/mol. The van der Waals surface area contributed by atoms with E-state index in [2.05, 4.69) is 5.32 Å². The molecule has 0 heterocycles. The van der Waals surface area contributed by atoms with Crippen molar-refractivity contribution in [1.29, 1.82) is 0 Å². The normalized spacial score (nSPS) is 14.4. The maximum absolute atomic E-state index is 11.1. The lowest BCUT2D eigenvalue weighted by atomic mass is 9.92. The Morgan fingerprint density at radius 2 is 1.76 bits per heavy atom. The first-order valence-electron chi connectivity index (χ1n) is 5.62. The Labute approximate surface area is 102 Å². The van der Waals surface area contributed by atoms with E-state index in [-0.39, 0.29) is 0 Å². The molecule has 0 aliphatic heterocycles. The summed E-state index contributed by atoms with van der Waals surface area (Å²) < 4.78 is 0.